The molecule has 1 aliphatic rings. The van der Waals surface area contributed by atoms with Gasteiger partial charge in [-0.25, -0.2) is 8.42 Å². The number of amides is 1. The van der Waals surface area contributed by atoms with Gasteiger partial charge in [-0.05, 0) is 25.0 Å². The Kier molecular flexibility index (Phi) is 6.94. The van der Waals surface area contributed by atoms with Crippen molar-refractivity contribution >= 4 is 21.6 Å². The van der Waals surface area contributed by atoms with Gasteiger partial charge in [-0.3, -0.25) is 9.10 Å². The Morgan fingerprint density at radius 1 is 1.22 bits per heavy atom. The predicted octanol–water partition coefficient (Wildman–Crippen LogP) is 1.23. The van der Waals surface area contributed by atoms with Crippen LogP contribution in [0.25, 0.3) is 0 Å². The van der Waals surface area contributed by atoms with Crippen LogP contribution in [0.3, 0.4) is 0 Å². The van der Waals surface area contributed by atoms with E-state index < -0.39 is 22.0 Å². The summed E-state index contributed by atoms with van der Waals surface area (Å²) in [7, 11) is 0.742. The van der Waals surface area contributed by atoms with E-state index in [1.165, 1.54) is 25.2 Å². The minimum atomic E-state index is -3.76. The van der Waals surface area contributed by atoms with Crippen molar-refractivity contribution in [1.29, 1.82) is 0 Å². The van der Waals surface area contributed by atoms with Gasteiger partial charge in [-0.15, -0.1) is 0 Å². The van der Waals surface area contributed by atoms with Gasteiger partial charge >= 0.3 is 0 Å². The van der Waals surface area contributed by atoms with Crippen molar-refractivity contribution in [2.24, 2.45) is 0 Å². The molecule has 0 aliphatic heterocycles. The van der Waals surface area contributed by atoms with Gasteiger partial charge in [0.2, 0.25) is 15.9 Å². The van der Waals surface area contributed by atoms with E-state index >= 15 is 0 Å². The third kappa shape index (κ3) is 5.04. The van der Waals surface area contributed by atoms with E-state index in [1.54, 1.807) is 19.2 Å². The van der Waals surface area contributed by atoms with Crippen molar-refractivity contribution in [2.75, 3.05) is 38.4 Å². The maximum Gasteiger partial charge on any atom is 0.243 e. The van der Waals surface area contributed by atoms with Gasteiger partial charge in [0.1, 0.15) is 18.0 Å². The number of sulfonamides is 1. The lowest BCUT2D eigenvalue weighted by Gasteiger charge is -2.36. The molecule has 2 rings (SSSR count). The largest absolute Gasteiger partial charge is 0.497 e. The Hall–Kier alpha value is -2.00. The molecule has 2 atom stereocenters. The highest BCUT2D eigenvalue weighted by Crippen LogP contribution is 2.34. The number of carbonyl (C=O) groups excluding carboxylic acids is 1. The summed E-state index contributed by atoms with van der Waals surface area (Å²) >= 11 is 0. The number of aliphatic hydroxyl groups is 1. The molecule has 1 saturated carbocycles. The van der Waals surface area contributed by atoms with E-state index in [1.807, 2.05) is 0 Å². The molecule has 0 bridgehead atoms. The summed E-state index contributed by atoms with van der Waals surface area (Å²) in [5.41, 5.74) is 0.227. The average Bonchev–Trinajstić information content (AvgIpc) is 2.64. The van der Waals surface area contributed by atoms with Crippen molar-refractivity contribution in [3.8, 4) is 11.5 Å². The van der Waals surface area contributed by atoms with Gasteiger partial charge in [0, 0.05) is 13.1 Å². The van der Waals surface area contributed by atoms with Crippen LogP contribution in [0.5, 0.6) is 11.5 Å². The third-order valence-corrected chi connectivity index (χ3v) is 6.05. The Bertz CT molecular complexity index is 767. The van der Waals surface area contributed by atoms with Crippen LogP contribution in [0.2, 0.25) is 0 Å². The first-order valence-corrected chi connectivity index (χ1v) is 10.7. The SMILES string of the molecule is COc1ccc(OC)c(N(CC(=O)N(C)C2CCCCC2O)S(C)(=O)=O)c1. The molecule has 2 unspecified atom stereocenters. The fraction of sp³-hybridized carbons (Fsp3) is 0.611. The summed E-state index contributed by atoms with van der Waals surface area (Å²) in [5, 5.41) is 10.2. The number of hydrogen-bond donors (Lipinski definition) is 1. The van der Waals surface area contributed by atoms with E-state index in [-0.39, 0.29) is 18.3 Å². The number of benzene rings is 1. The van der Waals surface area contributed by atoms with Crippen molar-refractivity contribution < 1.29 is 27.8 Å². The number of ether oxygens (including phenoxy) is 2. The average molecular weight is 400 g/mol. The number of methoxy groups -OCH3 is 2. The first-order chi connectivity index (χ1) is 12.7. The molecule has 8 nitrogen and oxygen atoms in total. The Balaban J connectivity index is 2.31. The lowest BCUT2D eigenvalue weighted by molar-refractivity contribution is -0.133. The third-order valence-electron chi connectivity index (χ3n) is 4.92. The van der Waals surface area contributed by atoms with E-state index in [0.717, 1.165) is 23.4 Å². The van der Waals surface area contributed by atoms with Crippen LogP contribution in [0, 0.1) is 0 Å². The summed E-state index contributed by atoms with van der Waals surface area (Å²) in [6, 6.07) is 4.45. The molecule has 1 aromatic rings. The highest BCUT2D eigenvalue weighted by atomic mass is 32.2. The fourth-order valence-electron chi connectivity index (χ4n) is 3.34. The highest BCUT2D eigenvalue weighted by molar-refractivity contribution is 7.92. The molecule has 1 N–H and O–H groups in total. The Labute approximate surface area is 160 Å². The second kappa shape index (κ2) is 8.79. The molecular formula is C18H28N2O6S. The highest BCUT2D eigenvalue weighted by Gasteiger charge is 2.32. The molecule has 1 amide bonds. The van der Waals surface area contributed by atoms with Crippen LogP contribution in [0.1, 0.15) is 25.7 Å². The van der Waals surface area contributed by atoms with Crippen LogP contribution in [-0.2, 0) is 14.8 Å². The second-order valence-electron chi connectivity index (χ2n) is 6.73. The van der Waals surface area contributed by atoms with Gasteiger partial charge in [-0.1, -0.05) is 12.8 Å². The van der Waals surface area contributed by atoms with Crippen molar-refractivity contribution in [2.45, 2.75) is 37.8 Å². The van der Waals surface area contributed by atoms with Crippen molar-refractivity contribution in [3.63, 3.8) is 0 Å². The first kappa shape index (κ1) is 21.3. The van der Waals surface area contributed by atoms with Crippen LogP contribution in [-0.4, -0.2) is 70.5 Å². The predicted molar refractivity (Wildman–Crippen MR) is 103 cm³/mol. The number of hydrogen-bond acceptors (Lipinski definition) is 6. The van der Waals surface area contributed by atoms with Crippen molar-refractivity contribution in [3.05, 3.63) is 18.2 Å². The minimum Gasteiger partial charge on any atom is -0.497 e. The maximum atomic E-state index is 12.8. The standard InChI is InChI=1S/C18H28N2O6S/c1-19(14-7-5-6-8-16(14)21)18(22)12-20(27(4,23)24)15-11-13(25-2)9-10-17(15)26-3/h9-11,14,16,21H,5-8,12H2,1-4H3. The van der Waals surface area contributed by atoms with Crippen LogP contribution < -0.4 is 13.8 Å². The zero-order valence-electron chi connectivity index (χ0n) is 16.2. The molecule has 0 aromatic heterocycles. The normalized spacial score (nSPS) is 20.0. The summed E-state index contributed by atoms with van der Waals surface area (Å²) in [5.74, 6) is 0.369. The minimum absolute atomic E-state index is 0.227. The number of carbonyl (C=O) groups is 1. The molecule has 9 heteroatoms. The quantitative estimate of drug-likeness (QED) is 0.740. The van der Waals surface area contributed by atoms with Gasteiger partial charge < -0.3 is 19.5 Å². The van der Waals surface area contributed by atoms with Gasteiger partial charge in [0.25, 0.3) is 0 Å². The van der Waals surface area contributed by atoms with Crippen LogP contribution in [0.4, 0.5) is 5.69 Å². The summed E-state index contributed by atoms with van der Waals surface area (Å²) in [6.45, 7) is -0.387. The molecule has 1 aromatic carbocycles. The molecule has 152 valence electrons. The lowest BCUT2D eigenvalue weighted by Crippen LogP contribution is -2.50. The maximum absolute atomic E-state index is 12.8. The molecular weight excluding hydrogens is 372 g/mol. The number of likely N-dealkylation sites (N-methyl/N-ethyl adjacent to an activating group) is 1. The number of rotatable bonds is 7. The zero-order valence-corrected chi connectivity index (χ0v) is 17.0. The zero-order chi connectivity index (χ0) is 20.2. The molecule has 0 saturated heterocycles. The fourth-order valence-corrected chi connectivity index (χ4v) is 4.18. The first-order valence-electron chi connectivity index (χ1n) is 8.82. The van der Waals surface area contributed by atoms with Gasteiger partial charge in [0.05, 0.1) is 38.3 Å². The van der Waals surface area contributed by atoms with Crippen molar-refractivity contribution in [1.82, 2.24) is 4.90 Å². The summed E-state index contributed by atoms with van der Waals surface area (Å²) in [4.78, 5) is 14.3. The van der Waals surface area contributed by atoms with Gasteiger partial charge in [0.15, 0.2) is 0 Å². The molecule has 27 heavy (non-hydrogen) atoms. The van der Waals surface area contributed by atoms with Gasteiger partial charge in [-0.2, -0.15) is 0 Å². The monoisotopic (exact) mass is 400 g/mol. The summed E-state index contributed by atoms with van der Waals surface area (Å²) in [6.07, 6.45) is 3.64. The molecule has 0 heterocycles. The molecule has 1 fully saturated rings. The van der Waals surface area contributed by atoms with E-state index in [2.05, 4.69) is 0 Å². The molecule has 0 spiro atoms. The topological polar surface area (TPSA) is 96.4 Å². The Morgan fingerprint density at radius 2 is 1.89 bits per heavy atom. The van der Waals surface area contributed by atoms with Crippen LogP contribution >= 0.6 is 0 Å². The van der Waals surface area contributed by atoms with E-state index in [0.29, 0.717) is 24.3 Å². The molecule has 1 aliphatic carbocycles. The van der Waals surface area contributed by atoms with E-state index in [4.69, 9.17) is 9.47 Å². The number of nitrogens with zero attached hydrogens (tertiary/aromatic N) is 2. The lowest BCUT2D eigenvalue weighted by atomic mass is 9.91. The smallest absolute Gasteiger partial charge is 0.243 e. The summed E-state index contributed by atoms with van der Waals surface area (Å²) < 4.78 is 36.3. The van der Waals surface area contributed by atoms with E-state index in [9.17, 15) is 18.3 Å². The Morgan fingerprint density at radius 3 is 2.44 bits per heavy atom. The second-order valence-corrected chi connectivity index (χ2v) is 8.64. The number of aliphatic hydroxyl groups excluding tert-OH is 1. The van der Waals surface area contributed by atoms with Crippen LogP contribution in [0.15, 0.2) is 18.2 Å². The number of anilines is 1. The molecule has 0 radical (unpaired) electrons.